The zero-order valence-electron chi connectivity index (χ0n) is 13.9. The number of aliphatic hydroxyl groups excluding tert-OH is 1. The van der Waals surface area contributed by atoms with E-state index >= 15 is 0 Å². The van der Waals surface area contributed by atoms with Crippen molar-refractivity contribution in [3.63, 3.8) is 0 Å². The first kappa shape index (κ1) is 17.3. The number of phenolic OH excluding ortho intramolecular Hbond substituents is 2. The van der Waals surface area contributed by atoms with Crippen LogP contribution in [-0.2, 0) is 17.6 Å². The van der Waals surface area contributed by atoms with Crippen LogP contribution in [0.15, 0.2) is 30.3 Å². The number of carboxylic acids is 1. The zero-order chi connectivity index (χ0) is 18.1. The van der Waals surface area contributed by atoms with Gasteiger partial charge in [0.25, 0.3) is 0 Å². The lowest BCUT2D eigenvalue weighted by atomic mass is 9.77. The van der Waals surface area contributed by atoms with Crippen molar-refractivity contribution in [3.8, 4) is 22.6 Å². The number of carbonyl (C=O) groups is 1. The summed E-state index contributed by atoms with van der Waals surface area (Å²) in [5.41, 5.74) is 5.71. The molecular formula is C19H21NO5. The fourth-order valence-corrected chi connectivity index (χ4v) is 3.67. The summed E-state index contributed by atoms with van der Waals surface area (Å²) in [5.74, 6) is -1.21. The number of aliphatic carboxylic acids is 1. The SMILES string of the molecule is CN1CCc2cccc3c2[C@H]1Cc1ccc(O)c(O)c1-3.O=C(O)CO. The number of aromatic hydroxyl groups is 2. The first-order chi connectivity index (χ1) is 11.9. The second-order valence-electron chi connectivity index (χ2n) is 6.35. The molecule has 0 bridgehead atoms. The van der Waals surface area contributed by atoms with Crippen LogP contribution in [-0.4, -0.2) is 51.5 Å². The summed E-state index contributed by atoms with van der Waals surface area (Å²) in [5, 5.41) is 35.1. The molecule has 6 heteroatoms. The van der Waals surface area contributed by atoms with Crippen molar-refractivity contribution in [2.24, 2.45) is 0 Å². The fraction of sp³-hybridized carbons (Fsp3) is 0.316. The van der Waals surface area contributed by atoms with Gasteiger partial charge >= 0.3 is 5.97 Å². The van der Waals surface area contributed by atoms with Crippen LogP contribution < -0.4 is 0 Å². The normalized spacial score (nSPS) is 17.8. The lowest BCUT2D eigenvalue weighted by Crippen LogP contribution is -2.35. The summed E-state index contributed by atoms with van der Waals surface area (Å²) in [7, 11) is 2.16. The summed E-state index contributed by atoms with van der Waals surface area (Å²) in [4.78, 5) is 11.5. The summed E-state index contributed by atoms with van der Waals surface area (Å²) in [6, 6.07) is 10.2. The molecule has 0 radical (unpaired) electrons. The second-order valence-corrected chi connectivity index (χ2v) is 6.35. The fourth-order valence-electron chi connectivity index (χ4n) is 3.67. The minimum atomic E-state index is -1.19. The Labute approximate surface area is 145 Å². The Balaban J connectivity index is 0.000000324. The molecule has 0 fully saturated rings. The first-order valence-electron chi connectivity index (χ1n) is 8.13. The van der Waals surface area contributed by atoms with Gasteiger partial charge in [-0.25, -0.2) is 4.79 Å². The Hall–Kier alpha value is -2.57. The monoisotopic (exact) mass is 343 g/mol. The lowest BCUT2D eigenvalue weighted by molar-refractivity contribution is -0.140. The van der Waals surface area contributed by atoms with Gasteiger partial charge in [0, 0.05) is 18.2 Å². The minimum Gasteiger partial charge on any atom is -0.504 e. The van der Waals surface area contributed by atoms with Crippen LogP contribution in [0.4, 0.5) is 0 Å². The third-order valence-electron chi connectivity index (χ3n) is 4.86. The molecule has 132 valence electrons. The molecule has 25 heavy (non-hydrogen) atoms. The number of phenols is 2. The van der Waals surface area contributed by atoms with Gasteiger partial charge in [-0.05, 0) is 48.2 Å². The molecule has 0 saturated heterocycles. The number of fused-ring (bicyclic) bond motifs is 2. The number of hydrogen-bond acceptors (Lipinski definition) is 5. The molecule has 0 saturated carbocycles. The van der Waals surface area contributed by atoms with Gasteiger partial charge in [-0.2, -0.15) is 0 Å². The number of carboxylic acid groups (broad SMARTS) is 1. The van der Waals surface area contributed by atoms with Crippen LogP contribution in [0.5, 0.6) is 11.5 Å². The third kappa shape index (κ3) is 3.06. The topological polar surface area (TPSA) is 101 Å². The van der Waals surface area contributed by atoms with Crippen LogP contribution in [0, 0.1) is 0 Å². The Kier molecular flexibility index (Phi) is 4.65. The molecule has 0 unspecified atom stereocenters. The standard InChI is InChI=1S/C17H17NO2.C2H4O3/c1-18-8-7-10-3-2-4-12-15(10)13(18)9-11-5-6-14(19)17(20)16(11)12;3-1-2(4)5/h2-6,13,19-20H,7-9H2,1H3;3H,1H2,(H,4,5)/t13-;/m1./s1. The summed E-state index contributed by atoms with van der Waals surface area (Å²) in [6.45, 7) is 0.292. The molecule has 4 N–H and O–H groups in total. The summed E-state index contributed by atoms with van der Waals surface area (Å²) < 4.78 is 0. The maximum atomic E-state index is 10.3. The zero-order valence-corrected chi connectivity index (χ0v) is 13.9. The molecule has 0 spiro atoms. The maximum absolute atomic E-state index is 10.3. The van der Waals surface area contributed by atoms with Crippen LogP contribution in [0.1, 0.15) is 22.7 Å². The van der Waals surface area contributed by atoms with Gasteiger partial charge < -0.3 is 20.4 Å². The van der Waals surface area contributed by atoms with Gasteiger partial charge in [0.15, 0.2) is 11.5 Å². The van der Waals surface area contributed by atoms with Gasteiger partial charge in [-0.15, -0.1) is 0 Å². The van der Waals surface area contributed by atoms with Gasteiger partial charge in [0.1, 0.15) is 6.61 Å². The number of hydrogen-bond donors (Lipinski definition) is 4. The van der Waals surface area contributed by atoms with E-state index in [0.29, 0.717) is 6.04 Å². The van der Waals surface area contributed by atoms with E-state index in [1.165, 1.54) is 11.1 Å². The molecule has 2 aromatic carbocycles. The van der Waals surface area contributed by atoms with Crippen LogP contribution in [0.2, 0.25) is 0 Å². The molecule has 1 atom stereocenters. The van der Waals surface area contributed by atoms with Crippen molar-refractivity contribution in [1.82, 2.24) is 4.90 Å². The van der Waals surface area contributed by atoms with Gasteiger partial charge in [-0.1, -0.05) is 24.3 Å². The van der Waals surface area contributed by atoms with Crippen molar-refractivity contribution >= 4 is 5.97 Å². The molecule has 2 aromatic rings. The second kappa shape index (κ2) is 6.74. The van der Waals surface area contributed by atoms with E-state index in [1.54, 1.807) is 6.07 Å². The van der Waals surface area contributed by atoms with E-state index in [-0.39, 0.29) is 11.5 Å². The van der Waals surface area contributed by atoms with Crippen molar-refractivity contribution < 1.29 is 25.2 Å². The van der Waals surface area contributed by atoms with Crippen molar-refractivity contribution in [1.29, 1.82) is 0 Å². The van der Waals surface area contributed by atoms with Crippen LogP contribution >= 0.6 is 0 Å². The van der Waals surface area contributed by atoms with Crippen molar-refractivity contribution in [3.05, 3.63) is 47.0 Å². The number of likely N-dealkylation sites (N-methyl/N-ethyl adjacent to an activating group) is 1. The molecule has 1 aliphatic carbocycles. The molecular weight excluding hydrogens is 322 g/mol. The van der Waals surface area contributed by atoms with Gasteiger partial charge in [0.2, 0.25) is 0 Å². The van der Waals surface area contributed by atoms with Gasteiger partial charge in [-0.3, -0.25) is 4.90 Å². The van der Waals surface area contributed by atoms with Crippen LogP contribution in [0.3, 0.4) is 0 Å². The third-order valence-corrected chi connectivity index (χ3v) is 4.86. The maximum Gasteiger partial charge on any atom is 0.329 e. The molecule has 6 nitrogen and oxygen atoms in total. The van der Waals surface area contributed by atoms with E-state index < -0.39 is 12.6 Å². The highest BCUT2D eigenvalue weighted by Gasteiger charge is 2.34. The molecule has 2 aliphatic rings. The largest absolute Gasteiger partial charge is 0.504 e. The Bertz CT molecular complexity index is 818. The van der Waals surface area contributed by atoms with E-state index in [1.807, 2.05) is 6.07 Å². The molecule has 4 rings (SSSR count). The van der Waals surface area contributed by atoms with Crippen molar-refractivity contribution in [2.45, 2.75) is 18.9 Å². The predicted octanol–water partition coefficient (Wildman–Crippen LogP) is 1.91. The van der Waals surface area contributed by atoms with E-state index in [2.05, 4.69) is 30.1 Å². The number of benzene rings is 2. The lowest BCUT2D eigenvalue weighted by Gasteiger charge is -2.39. The Morgan fingerprint density at radius 3 is 2.60 bits per heavy atom. The molecule has 1 aliphatic heterocycles. The first-order valence-corrected chi connectivity index (χ1v) is 8.13. The van der Waals surface area contributed by atoms with E-state index in [4.69, 9.17) is 15.0 Å². The Morgan fingerprint density at radius 1 is 1.20 bits per heavy atom. The smallest absolute Gasteiger partial charge is 0.329 e. The highest BCUT2D eigenvalue weighted by Crippen LogP contribution is 2.49. The highest BCUT2D eigenvalue weighted by molar-refractivity contribution is 5.82. The number of aliphatic hydroxyl groups is 1. The van der Waals surface area contributed by atoms with Crippen molar-refractivity contribution in [2.75, 3.05) is 20.2 Å². The number of rotatable bonds is 1. The van der Waals surface area contributed by atoms with Gasteiger partial charge in [0.05, 0.1) is 0 Å². The number of nitrogens with zero attached hydrogens (tertiary/aromatic N) is 1. The van der Waals surface area contributed by atoms with Crippen LogP contribution in [0.25, 0.3) is 11.1 Å². The minimum absolute atomic E-state index is 0.0163. The summed E-state index contributed by atoms with van der Waals surface area (Å²) >= 11 is 0. The predicted molar refractivity (Wildman–Crippen MR) is 92.7 cm³/mol. The summed E-state index contributed by atoms with van der Waals surface area (Å²) in [6.07, 6.45) is 1.94. The highest BCUT2D eigenvalue weighted by atomic mass is 16.4. The molecule has 1 heterocycles. The average molecular weight is 343 g/mol. The van der Waals surface area contributed by atoms with E-state index in [0.717, 1.165) is 36.1 Å². The molecule has 0 aromatic heterocycles. The average Bonchev–Trinajstić information content (AvgIpc) is 2.61. The Morgan fingerprint density at radius 2 is 1.92 bits per heavy atom. The van der Waals surface area contributed by atoms with E-state index in [9.17, 15) is 10.2 Å². The molecule has 0 amide bonds. The quantitative estimate of drug-likeness (QED) is 0.590.